The van der Waals surface area contributed by atoms with Crippen LogP contribution in [0.4, 0.5) is 0 Å². The van der Waals surface area contributed by atoms with Crippen LogP contribution in [-0.4, -0.2) is 44.2 Å². The summed E-state index contributed by atoms with van der Waals surface area (Å²) in [6.07, 6.45) is 1.80. The lowest BCUT2D eigenvalue weighted by Gasteiger charge is -2.21. The normalized spacial score (nSPS) is 11.5. The first-order chi connectivity index (χ1) is 11.3. The zero-order chi connectivity index (χ0) is 18.2. The van der Waals surface area contributed by atoms with Crippen LogP contribution >= 0.6 is 0 Å². The van der Waals surface area contributed by atoms with E-state index in [2.05, 4.69) is 0 Å². The lowest BCUT2D eigenvalue weighted by Crippen LogP contribution is -2.33. The number of hydrogen-bond donors (Lipinski definition) is 0. The first-order valence-corrected chi connectivity index (χ1v) is 10.2. The number of nitrogens with zero attached hydrogens (tertiary/aromatic N) is 1. The molecule has 6 heteroatoms. The van der Waals surface area contributed by atoms with E-state index in [4.69, 9.17) is 4.74 Å². The van der Waals surface area contributed by atoms with E-state index in [1.165, 1.54) is 12.1 Å². The molecule has 0 heterocycles. The molecular weight excluding hydrogens is 326 g/mol. The predicted octanol–water partition coefficient (Wildman–Crippen LogP) is 3.29. The van der Waals surface area contributed by atoms with Crippen LogP contribution in [0.1, 0.15) is 47.0 Å². The number of rotatable bonds is 10. The lowest BCUT2D eigenvalue weighted by molar-refractivity contribution is -0.130. The quantitative estimate of drug-likeness (QED) is 0.646. The first-order valence-electron chi connectivity index (χ1n) is 8.57. The Kier molecular flexibility index (Phi) is 8.25. The van der Waals surface area contributed by atoms with Gasteiger partial charge in [0.15, 0.2) is 9.84 Å². The average Bonchev–Trinajstić information content (AvgIpc) is 2.52. The van der Waals surface area contributed by atoms with E-state index in [1.54, 1.807) is 17.0 Å². The smallest absolute Gasteiger partial charge is 0.223 e. The molecular formula is C18H29NO4S. The Hall–Kier alpha value is -1.56. The van der Waals surface area contributed by atoms with Gasteiger partial charge in [0.1, 0.15) is 5.75 Å². The number of benzene rings is 1. The van der Waals surface area contributed by atoms with Crippen LogP contribution in [0.2, 0.25) is 0 Å². The van der Waals surface area contributed by atoms with Crippen molar-refractivity contribution in [2.45, 2.75) is 58.0 Å². The van der Waals surface area contributed by atoms with E-state index in [1.807, 2.05) is 27.7 Å². The average molecular weight is 356 g/mol. The maximum absolute atomic E-state index is 12.4. The largest absolute Gasteiger partial charge is 0.491 e. The molecule has 5 nitrogen and oxygen atoms in total. The van der Waals surface area contributed by atoms with Crippen molar-refractivity contribution in [1.82, 2.24) is 4.90 Å². The Morgan fingerprint density at radius 3 is 2.08 bits per heavy atom. The van der Waals surface area contributed by atoms with E-state index in [9.17, 15) is 13.2 Å². The maximum atomic E-state index is 12.4. The third-order valence-corrected chi connectivity index (χ3v) is 5.21. The molecule has 1 amide bonds. The zero-order valence-corrected chi connectivity index (χ0v) is 15.9. The minimum Gasteiger partial charge on any atom is -0.491 e. The van der Waals surface area contributed by atoms with E-state index >= 15 is 0 Å². The summed E-state index contributed by atoms with van der Waals surface area (Å²) in [5.41, 5.74) is 0. The lowest BCUT2D eigenvalue weighted by atomic mass is 10.3. The number of carbonyl (C=O) groups is 1. The summed E-state index contributed by atoms with van der Waals surface area (Å²) >= 11 is 0. The van der Waals surface area contributed by atoms with Gasteiger partial charge in [0, 0.05) is 19.5 Å². The maximum Gasteiger partial charge on any atom is 0.223 e. The number of ether oxygens (including phenoxy) is 1. The van der Waals surface area contributed by atoms with Gasteiger partial charge in [0.05, 0.1) is 16.8 Å². The molecule has 0 aliphatic heterocycles. The molecule has 0 spiro atoms. The number of amides is 1. The Bertz CT molecular complexity index is 602. The van der Waals surface area contributed by atoms with Crippen LogP contribution in [0.3, 0.4) is 0 Å². The minimum absolute atomic E-state index is 0.0204. The number of carbonyl (C=O) groups excluding carboxylic acids is 1. The highest BCUT2D eigenvalue weighted by molar-refractivity contribution is 7.91. The van der Waals surface area contributed by atoms with Crippen molar-refractivity contribution >= 4 is 15.7 Å². The van der Waals surface area contributed by atoms with Crippen molar-refractivity contribution in [2.24, 2.45) is 0 Å². The summed E-state index contributed by atoms with van der Waals surface area (Å²) < 4.78 is 30.3. The van der Waals surface area contributed by atoms with Crippen molar-refractivity contribution in [2.75, 3.05) is 18.8 Å². The highest BCUT2D eigenvalue weighted by atomic mass is 32.2. The van der Waals surface area contributed by atoms with Crippen LogP contribution < -0.4 is 4.74 Å². The van der Waals surface area contributed by atoms with Crippen molar-refractivity contribution in [1.29, 1.82) is 0 Å². The second-order valence-corrected chi connectivity index (χ2v) is 8.20. The second kappa shape index (κ2) is 9.67. The van der Waals surface area contributed by atoms with Crippen molar-refractivity contribution in [3.05, 3.63) is 24.3 Å². The summed E-state index contributed by atoms with van der Waals surface area (Å²) in [5.74, 6) is 0.374. The molecule has 0 N–H and O–H groups in total. The second-order valence-electron chi connectivity index (χ2n) is 6.09. The third kappa shape index (κ3) is 6.51. The van der Waals surface area contributed by atoms with Gasteiger partial charge in [-0.25, -0.2) is 8.42 Å². The summed E-state index contributed by atoms with van der Waals surface area (Å²) in [4.78, 5) is 14.2. The van der Waals surface area contributed by atoms with Crippen LogP contribution in [0, 0.1) is 0 Å². The molecule has 0 aromatic heterocycles. The molecule has 0 saturated heterocycles. The van der Waals surface area contributed by atoms with Crippen LogP contribution in [0.25, 0.3) is 0 Å². The molecule has 24 heavy (non-hydrogen) atoms. The topological polar surface area (TPSA) is 63.7 Å². The van der Waals surface area contributed by atoms with Crippen LogP contribution in [0.5, 0.6) is 5.75 Å². The van der Waals surface area contributed by atoms with E-state index in [-0.39, 0.29) is 29.1 Å². The van der Waals surface area contributed by atoms with Gasteiger partial charge in [-0.2, -0.15) is 0 Å². The molecule has 0 radical (unpaired) electrons. The summed E-state index contributed by atoms with van der Waals surface area (Å²) in [6.45, 7) is 9.19. The molecule has 1 aromatic rings. The highest BCUT2D eigenvalue weighted by Gasteiger charge is 2.19. The van der Waals surface area contributed by atoms with Gasteiger partial charge in [-0.3, -0.25) is 4.79 Å². The fourth-order valence-electron chi connectivity index (χ4n) is 2.40. The SMILES string of the molecule is CCCN(CCC)C(=O)CCS(=O)(=O)c1ccc(OC(C)C)cc1. The van der Waals surface area contributed by atoms with E-state index in [0.29, 0.717) is 18.8 Å². The summed E-state index contributed by atoms with van der Waals surface area (Å²) in [6, 6.07) is 6.37. The molecule has 0 aliphatic rings. The van der Waals surface area contributed by atoms with Gasteiger partial charge in [-0.15, -0.1) is 0 Å². The van der Waals surface area contributed by atoms with Gasteiger partial charge >= 0.3 is 0 Å². The Morgan fingerprint density at radius 1 is 1.08 bits per heavy atom. The van der Waals surface area contributed by atoms with E-state index in [0.717, 1.165) is 12.8 Å². The molecule has 0 atom stereocenters. The molecule has 1 rings (SSSR count). The number of hydrogen-bond acceptors (Lipinski definition) is 4. The minimum atomic E-state index is -3.47. The van der Waals surface area contributed by atoms with Gasteiger partial charge in [0.2, 0.25) is 5.91 Å². The first kappa shape index (κ1) is 20.5. The molecule has 0 fully saturated rings. The van der Waals surface area contributed by atoms with Gasteiger partial charge in [-0.1, -0.05) is 13.8 Å². The Labute approximate surface area is 145 Å². The number of sulfone groups is 1. The van der Waals surface area contributed by atoms with Gasteiger partial charge in [-0.05, 0) is 51.0 Å². The molecule has 0 aliphatic carbocycles. The highest BCUT2D eigenvalue weighted by Crippen LogP contribution is 2.19. The molecule has 1 aromatic carbocycles. The molecule has 0 saturated carbocycles. The standard InChI is InChI=1S/C18H29NO4S/c1-5-12-19(13-6-2)18(20)11-14-24(21,22)17-9-7-16(8-10-17)23-15(3)4/h7-10,15H,5-6,11-14H2,1-4H3. The van der Waals surface area contributed by atoms with Gasteiger partial charge < -0.3 is 9.64 Å². The summed E-state index contributed by atoms with van der Waals surface area (Å²) in [5, 5.41) is 0. The van der Waals surface area contributed by atoms with Crippen molar-refractivity contribution < 1.29 is 17.9 Å². The Morgan fingerprint density at radius 2 is 1.62 bits per heavy atom. The van der Waals surface area contributed by atoms with E-state index < -0.39 is 9.84 Å². The monoisotopic (exact) mass is 355 g/mol. The zero-order valence-electron chi connectivity index (χ0n) is 15.1. The van der Waals surface area contributed by atoms with Crippen molar-refractivity contribution in [3.63, 3.8) is 0 Å². The summed E-state index contributed by atoms with van der Waals surface area (Å²) in [7, 11) is -3.47. The molecule has 136 valence electrons. The molecule has 0 bridgehead atoms. The van der Waals surface area contributed by atoms with Crippen molar-refractivity contribution in [3.8, 4) is 5.75 Å². The predicted molar refractivity (Wildman–Crippen MR) is 96.0 cm³/mol. The fourth-order valence-corrected chi connectivity index (χ4v) is 3.63. The third-order valence-electron chi connectivity index (χ3n) is 3.48. The van der Waals surface area contributed by atoms with Crippen LogP contribution in [0.15, 0.2) is 29.2 Å². The van der Waals surface area contributed by atoms with Gasteiger partial charge in [0.25, 0.3) is 0 Å². The fraction of sp³-hybridized carbons (Fsp3) is 0.611. The Balaban J connectivity index is 2.70. The van der Waals surface area contributed by atoms with Crippen LogP contribution in [-0.2, 0) is 14.6 Å². The molecule has 0 unspecified atom stereocenters.